The van der Waals surface area contributed by atoms with Gasteiger partial charge in [0.2, 0.25) is 10.0 Å². The molecule has 0 aliphatic heterocycles. The Labute approximate surface area is 107 Å². The van der Waals surface area contributed by atoms with Crippen molar-refractivity contribution >= 4 is 21.4 Å². The van der Waals surface area contributed by atoms with Gasteiger partial charge in [-0.15, -0.1) is 11.3 Å². The first-order valence-electron chi connectivity index (χ1n) is 5.35. The van der Waals surface area contributed by atoms with E-state index in [2.05, 4.69) is 4.72 Å². The minimum Gasteiger partial charge on any atom is -0.396 e. The summed E-state index contributed by atoms with van der Waals surface area (Å²) in [5.74, 6) is 0. The van der Waals surface area contributed by atoms with Crippen LogP contribution in [-0.2, 0) is 10.0 Å². The van der Waals surface area contributed by atoms with Crippen molar-refractivity contribution in [1.29, 1.82) is 0 Å². The van der Waals surface area contributed by atoms with Gasteiger partial charge in [-0.1, -0.05) is 13.8 Å². The van der Waals surface area contributed by atoms with Gasteiger partial charge in [0, 0.05) is 28.3 Å². The Morgan fingerprint density at radius 2 is 2.00 bits per heavy atom. The molecule has 98 valence electrons. The number of sulfonamides is 1. The fourth-order valence-electron chi connectivity index (χ4n) is 1.30. The molecule has 0 fully saturated rings. The Morgan fingerprint density at radius 3 is 2.41 bits per heavy atom. The van der Waals surface area contributed by atoms with E-state index < -0.39 is 15.4 Å². The first-order valence-corrected chi connectivity index (χ1v) is 7.65. The first-order chi connectivity index (χ1) is 7.68. The molecule has 1 heterocycles. The highest BCUT2D eigenvalue weighted by Crippen LogP contribution is 2.25. The topological polar surface area (TPSA) is 66.4 Å². The molecule has 4 nitrogen and oxygen atoms in total. The van der Waals surface area contributed by atoms with Crippen LogP contribution in [0.4, 0.5) is 0 Å². The molecule has 1 rings (SSSR count). The van der Waals surface area contributed by atoms with Crippen LogP contribution in [0.5, 0.6) is 0 Å². The smallest absolute Gasteiger partial charge is 0.241 e. The van der Waals surface area contributed by atoms with E-state index in [1.165, 1.54) is 11.3 Å². The van der Waals surface area contributed by atoms with Crippen LogP contribution in [0.3, 0.4) is 0 Å². The molecule has 2 N–H and O–H groups in total. The average molecular weight is 277 g/mol. The molecule has 6 heteroatoms. The first kappa shape index (κ1) is 14.6. The summed E-state index contributed by atoms with van der Waals surface area (Å²) in [4.78, 5) is 2.11. The molecule has 0 unspecified atom stereocenters. The Hall–Kier alpha value is -0.430. The minimum atomic E-state index is -3.46. The lowest BCUT2D eigenvalue weighted by Gasteiger charge is -2.21. The van der Waals surface area contributed by atoms with Crippen molar-refractivity contribution < 1.29 is 13.5 Å². The van der Waals surface area contributed by atoms with E-state index in [-0.39, 0.29) is 13.2 Å². The van der Waals surface area contributed by atoms with Crippen molar-refractivity contribution in [3.8, 4) is 0 Å². The molecule has 0 spiro atoms. The molecule has 1 aromatic heterocycles. The van der Waals surface area contributed by atoms with Gasteiger partial charge in [0.05, 0.1) is 4.90 Å². The third-order valence-corrected chi connectivity index (χ3v) is 5.08. The molecule has 0 atom stereocenters. The van der Waals surface area contributed by atoms with Crippen molar-refractivity contribution in [2.75, 3.05) is 13.2 Å². The van der Waals surface area contributed by atoms with Gasteiger partial charge in [-0.3, -0.25) is 0 Å². The predicted octanol–water partition coefficient (Wildman–Crippen LogP) is 1.66. The second kappa shape index (κ2) is 5.06. The number of rotatable bonds is 5. The molecule has 0 radical (unpaired) electrons. The summed E-state index contributed by atoms with van der Waals surface area (Å²) in [6.45, 7) is 7.46. The van der Waals surface area contributed by atoms with E-state index in [4.69, 9.17) is 5.11 Å². The molecule has 0 bridgehead atoms. The zero-order valence-corrected chi connectivity index (χ0v) is 12.2. The molecule has 0 saturated carbocycles. The number of hydrogen-bond donors (Lipinski definition) is 2. The van der Waals surface area contributed by atoms with Crippen molar-refractivity contribution in [3.63, 3.8) is 0 Å². The number of nitrogens with one attached hydrogen (secondary N) is 1. The Balaban J connectivity index is 2.87. The fraction of sp³-hybridized carbons (Fsp3) is 0.636. The Bertz CT molecular complexity index is 489. The third-order valence-electron chi connectivity index (χ3n) is 2.45. The maximum atomic E-state index is 12.0. The lowest BCUT2D eigenvalue weighted by molar-refractivity contribution is 0.163. The monoisotopic (exact) mass is 277 g/mol. The third kappa shape index (κ3) is 3.77. The zero-order chi connectivity index (χ0) is 13.3. The van der Waals surface area contributed by atoms with Crippen molar-refractivity contribution in [1.82, 2.24) is 4.72 Å². The predicted molar refractivity (Wildman–Crippen MR) is 69.8 cm³/mol. The summed E-state index contributed by atoms with van der Waals surface area (Å²) >= 11 is 1.47. The highest BCUT2D eigenvalue weighted by Gasteiger charge is 2.23. The summed E-state index contributed by atoms with van der Waals surface area (Å²) in [7, 11) is -3.46. The maximum absolute atomic E-state index is 12.0. The molecular formula is C11H19NO3S2. The van der Waals surface area contributed by atoms with Crippen molar-refractivity contribution in [2.45, 2.75) is 32.6 Å². The van der Waals surface area contributed by atoms with E-state index in [1.54, 1.807) is 26.8 Å². The molecule has 0 aliphatic carbocycles. The van der Waals surface area contributed by atoms with Gasteiger partial charge in [-0.2, -0.15) is 0 Å². The summed E-state index contributed by atoms with van der Waals surface area (Å²) in [5.41, 5.74) is -0.452. The van der Waals surface area contributed by atoms with E-state index in [0.29, 0.717) is 4.90 Å². The quantitative estimate of drug-likeness (QED) is 0.860. The Kier molecular flexibility index (Phi) is 4.35. The van der Waals surface area contributed by atoms with Crippen molar-refractivity contribution in [2.24, 2.45) is 5.41 Å². The fourth-order valence-corrected chi connectivity index (χ4v) is 4.09. The zero-order valence-electron chi connectivity index (χ0n) is 10.6. The molecular weight excluding hydrogens is 258 g/mol. The van der Waals surface area contributed by atoms with Gasteiger partial charge in [0.1, 0.15) is 0 Å². The lowest BCUT2D eigenvalue weighted by Crippen LogP contribution is -2.36. The Morgan fingerprint density at radius 1 is 1.41 bits per heavy atom. The molecule has 17 heavy (non-hydrogen) atoms. The lowest BCUT2D eigenvalue weighted by atomic mass is 9.96. The van der Waals surface area contributed by atoms with Crippen LogP contribution >= 0.6 is 11.3 Å². The van der Waals surface area contributed by atoms with Crippen LogP contribution < -0.4 is 4.72 Å². The van der Waals surface area contributed by atoms with E-state index in [1.807, 2.05) is 6.92 Å². The van der Waals surface area contributed by atoms with Gasteiger partial charge in [0.15, 0.2) is 0 Å². The summed E-state index contributed by atoms with van der Waals surface area (Å²) in [5, 5.41) is 9.09. The molecule has 0 amide bonds. The number of aliphatic hydroxyl groups is 1. The van der Waals surface area contributed by atoms with Crippen LogP contribution in [0.15, 0.2) is 11.0 Å². The van der Waals surface area contributed by atoms with Gasteiger partial charge >= 0.3 is 0 Å². The van der Waals surface area contributed by atoms with Gasteiger partial charge in [-0.25, -0.2) is 13.1 Å². The van der Waals surface area contributed by atoms with Crippen LogP contribution in [0.25, 0.3) is 0 Å². The van der Waals surface area contributed by atoms with E-state index in [0.717, 1.165) is 9.75 Å². The SMILES string of the molecule is Cc1cc(S(=O)(=O)NCC(C)(C)CO)c(C)s1. The molecule has 0 aliphatic rings. The number of hydrogen-bond acceptors (Lipinski definition) is 4. The van der Waals surface area contributed by atoms with Crippen LogP contribution in [-0.4, -0.2) is 26.7 Å². The van der Waals surface area contributed by atoms with Gasteiger partial charge in [0.25, 0.3) is 0 Å². The maximum Gasteiger partial charge on any atom is 0.241 e. The second-order valence-electron chi connectivity index (χ2n) is 4.92. The van der Waals surface area contributed by atoms with Crippen molar-refractivity contribution in [3.05, 3.63) is 15.8 Å². The second-order valence-corrected chi connectivity index (χ2v) is 8.12. The van der Waals surface area contributed by atoms with Gasteiger partial charge < -0.3 is 5.11 Å². The number of aryl methyl sites for hydroxylation is 2. The van der Waals surface area contributed by atoms with E-state index >= 15 is 0 Å². The highest BCUT2D eigenvalue weighted by atomic mass is 32.2. The van der Waals surface area contributed by atoms with Crippen LogP contribution in [0.2, 0.25) is 0 Å². The van der Waals surface area contributed by atoms with Crippen LogP contribution in [0.1, 0.15) is 23.6 Å². The van der Waals surface area contributed by atoms with Gasteiger partial charge in [-0.05, 0) is 19.9 Å². The normalized spacial score (nSPS) is 13.0. The molecule has 0 saturated heterocycles. The number of thiophene rings is 1. The standard InChI is InChI=1S/C11H19NO3S2/c1-8-5-10(9(2)16-8)17(14,15)12-6-11(3,4)7-13/h5,12-13H,6-7H2,1-4H3. The van der Waals surface area contributed by atoms with Crippen LogP contribution in [0, 0.1) is 19.3 Å². The molecule has 0 aromatic carbocycles. The summed E-state index contributed by atoms with van der Waals surface area (Å²) in [6, 6.07) is 1.67. The number of aliphatic hydroxyl groups excluding tert-OH is 1. The minimum absolute atomic E-state index is 0.0584. The largest absolute Gasteiger partial charge is 0.396 e. The summed E-state index contributed by atoms with van der Waals surface area (Å²) in [6.07, 6.45) is 0. The highest BCUT2D eigenvalue weighted by molar-refractivity contribution is 7.89. The summed E-state index contributed by atoms with van der Waals surface area (Å²) < 4.78 is 26.6. The average Bonchev–Trinajstić information content (AvgIpc) is 2.56. The molecule has 1 aromatic rings. The van der Waals surface area contributed by atoms with E-state index in [9.17, 15) is 8.42 Å².